The molecule has 210 valence electrons. The van der Waals surface area contributed by atoms with Crippen molar-refractivity contribution in [3.8, 4) is 5.88 Å². The summed E-state index contributed by atoms with van der Waals surface area (Å²) in [6, 6.07) is 5.36. The SMILES string of the molecule is Cc1ccc2c(n1)C(C)(C)CN2c1ncnc(Nc2cc(N)c(N(C)CCN(C)C)nc2OCC(F)(F)F)n1. The molecule has 0 saturated carbocycles. The Morgan fingerprint density at radius 3 is 2.54 bits per heavy atom. The summed E-state index contributed by atoms with van der Waals surface area (Å²) >= 11 is 0. The van der Waals surface area contributed by atoms with Gasteiger partial charge < -0.3 is 30.5 Å². The van der Waals surface area contributed by atoms with Crippen LogP contribution in [0.5, 0.6) is 5.88 Å². The molecule has 0 amide bonds. The van der Waals surface area contributed by atoms with Crippen LogP contribution in [0.25, 0.3) is 0 Å². The lowest BCUT2D eigenvalue weighted by atomic mass is 9.91. The molecular weight excluding hydrogens is 513 g/mol. The number of hydrogen-bond acceptors (Lipinski definition) is 11. The first-order valence-corrected chi connectivity index (χ1v) is 12.3. The van der Waals surface area contributed by atoms with Crippen LogP contribution in [0.15, 0.2) is 24.5 Å². The van der Waals surface area contributed by atoms with Gasteiger partial charge in [0.05, 0.1) is 17.1 Å². The third kappa shape index (κ3) is 6.56. The van der Waals surface area contributed by atoms with E-state index in [0.29, 0.717) is 31.4 Å². The number of alkyl halides is 3. The topological polar surface area (TPSA) is 121 Å². The zero-order chi connectivity index (χ0) is 28.5. The zero-order valence-corrected chi connectivity index (χ0v) is 22.8. The predicted octanol–water partition coefficient (Wildman–Crippen LogP) is 3.66. The Balaban J connectivity index is 1.65. The second kappa shape index (κ2) is 10.7. The fraction of sp³-hybridized carbons (Fsp3) is 0.480. The highest BCUT2D eigenvalue weighted by molar-refractivity contribution is 5.74. The van der Waals surface area contributed by atoms with E-state index in [4.69, 9.17) is 15.5 Å². The number of pyridine rings is 2. The normalized spacial score (nSPS) is 14.5. The Bertz CT molecular complexity index is 1330. The number of likely N-dealkylation sites (N-methyl/N-ethyl adjacent to an activating group) is 2. The number of halogens is 3. The number of nitrogens with zero attached hydrogens (tertiary/aromatic N) is 8. The highest BCUT2D eigenvalue weighted by Gasteiger charge is 2.38. The van der Waals surface area contributed by atoms with E-state index in [-0.39, 0.29) is 28.6 Å². The standard InChI is InChI=1S/C25H33F3N10O/c1-15-7-8-18-19(32-15)24(2,3)12-38(18)23-31-14-30-22(35-23)33-17-11-16(29)20(37(6)10-9-36(4)5)34-21(17)39-13-25(26,27)28/h7-8,11,14H,9-10,12-13,29H2,1-6H3,(H,30,31,33,35). The minimum atomic E-state index is -4.56. The number of anilines is 6. The van der Waals surface area contributed by atoms with Gasteiger partial charge in [0.25, 0.3) is 0 Å². The smallest absolute Gasteiger partial charge is 0.422 e. The number of nitrogen functional groups attached to an aromatic ring is 1. The van der Waals surface area contributed by atoms with Crippen LogP contribution >= 0.6 is 0 Å². The van der Waals surface area contributed by atoms with Gasteiger partial charge in [0, 0.05) is 37.8 Å². The maximum absolute atomic E-state index is 13.0. The van der Waals surface area contributed by atoms with Crippen LogP contribution in [-0.2, 0) is 5.41 Å². The van der Waals surface area contributed by atoms with Crippen LogP contribution in [0, 0.1) is 6.92 Å². The van der Waals surface area contributed by atoms with E-state index in [9.17, 15) is 13.2 Å². The van der Waals surface area contributed by atoms with Crippen LogP contribution in [-0.4, -0.2) is 83.4 Å². The van der Waals surface area contributed by atoms with Gasteiger partial charge in [-0.1, -0.05) is 13.8 Å². The number of nitrogens with two attached hydrogens (primary N) is 1. The molecule has 3 aromatic heterocycles. The lowest BCUT2D eigenvalue weighted by Crippen LogP contribution is -2.30. The van der Waals surface area contributed by atoms with Crippen molar-refractivity contribution < 1.29 is 17.9 Å². The van der Waals surface area contributed by atoms with Gasteiger partial charge in [-0.3, -0.25) is 4.98 Å². The van der Waals surface area contributed by atoms with Gasteiger partial charge in [0.15, 0.2) is 12.4 Å². The maximum Gasteiger partial charge on any atom is 0.422 e. The lowest BCUT2D eigenvalue weighted by molar-refractivity contribution is -0.153. The summed E-state index contributed by atoms with van der Waals surface area (Å²) in [5.41, 5.74) is 9.09. The summed E-state index contributed by atoms with van der Waals surface area (Å²) in [5, 5.41) is 2.92. The quantitative estimate of drug-likeness (QED) is 0.409. The second-order valence-electron chi connectivity index (χ2n) is 10.4. The monoisotopic (exact) mass is 546 g/mol. The number of ether oxygens (including phenoxy) is 1. The zero-order valence-electron chi connectivity index (χ0n) is 22.8. The van der Waals surface area contributed by atoms with Crippen molar-refractivity contribution in [3.63, 3.8) is 0 Å². The molecule has 0 spiro atoms. The largest absolute Gasteiger partial charge is 0.466 e. The summed E-state index contributed by atoms with van der Waals surface area (Å²) in [6.45, 7) is 6.43. The number of aryl methyl sites for hydroxylation is 1. The Labute approximate surface area is 225 Å². The summed E-state index contributed by atoms with van der Waals surface area (Å²) in [4.78, 5) is 27.7. The van der Waals surface area contributed by atoms with E-state index in [1.54, 1.807) is 11.9 Å². The van der Waals surface area contributed by atoms with Crippen molar-refractivity contribution in [3.05, 3.63) is 35.9 Å². The summed E-state index contributed by atoms with van der Waals surface area (Å²) in [7, 11) is 5.59. The van der Waals surface area contributed by atoms with Crippen LogP contribution < -0.4 is 25.6 Å². The summed E-state index contributed by atoms with van der Waals surface area (Å²) < 4.78 is 44.2. The average molecular weight is 547 g/mol. The van der Waals surface area contributed by atoms with Crippen LogP contribution in [0.3, 0.4) is 0 Å². The molecule has 0 aromatic carbocycles. The lowest BCUT2D eigenvalue weighted by Gasteiger charge is -2.24. The Hall–Kier alpha value is -3.94. The molecule has 1 aliphatic rings. The Kier molecular flexibility index (Phi) is 7.68. The van der Waals surface area contributed by atoms with Crippen molar-refractivity contribution in [2.75, 3.05) is 68.2 Å². The molecule has 1 aliphatic heterocycles. The molecule has 0 atom stereocenters. The fourth-order valence-corrected chi connectivity index (χ4v) is 4.21. The van der Waals surface area contributed by atoms with Crippen molar-refractivity contribution >= 4 is 34.8 Å². The van der Waals surface area contributed by atoms with Crippen molar-refractivity contribution in [1.82, 2.24) is 29.8 Å². The molecule has 0 unspecified atom stereocenters. The van der Waals surface area contributed by atoms with Crippen molar-refractivity contribution in [1.29, 1.82) is 0 Å². The predicted molar refractivity (Wildman–Crippen MR) is 144 cm³/mol. The third-order valence-corrected chi connectivity index (χ3v) is 6.16. The van der Waals surface area contributed by atoms with Gasteiger partial charge in [-0.15, -0.1) is 0 Å². The highest BCUT2D eigenvalue weighted by atomic mass is 19.4. The third-order valence-electron chi connectivity index (χ3n) is 6.16. The van der Waals surface area contributed by atoms with Gasteiger partial charge >= 0.3 is 6.18 Å². The highest BCUT2D eigenvalue weighted by Crippen LogP contribution is 2.42. The first-order chi connectivity index (χ1) is 18.2. The molecule has 14 heteroatoms. The molecular formula is C25H33F3N10O. The maximum atomic E-state index is 13.0. The summed E-state index contributed by atoms with van der Waals surface area (Å²) in [6.07, 6.45) is -3.23. The summed E-state index contributed by atoms with van der Waals surface area (Å²) in [5.74, 6) is 0.485. The number of nitrogens with one attached hydrogen (secondary N) is 1. The van der Waals surface area contributed by atoms with Gasteiger partial charge in [-0.05, 0) is 39.2 Å². The van der Waals surface area contributed by atoms with Gasteiger partial charge in [0.2, 0.25) is 17.8 Å². The molecule has 0 aliphatic carbocycles. The average Bonchev–Trinajstić information content (AvgIpc) is 3.11. The van der Waals surface area contributed by atoms with E-state index in [1.165, 1.54) is 12.4 Å². The Morgan fingerprint density at radius 2 is 1.85 bits per heavy atom. The van der Waals surface area contributed by atoms with Crippen LogP contribution in [0.2, 0.25) is 0 Å². The Morgan fingerprint density at radius 1 is 1.10 bits per heavy atom. The number of rotatable bonds is 9. The molecule has 0 bridgehead atoms. The molecule has 4 heterocycles. The van der Waals surface area contributed by atoms with Crippen molar-refractivity contribution in [2.45, 2.75) is 32.4 Å². The molecule has 0 fully saturated rings. The van der Waals surface area contributed by atoms with E-state index < -0.39 is 12.8 Å². The molecule has 0 saturated heterocycles. The van der Waals surface area contributed by atoms with Gasteiger partial charge in [-0.25, -0.2) is 9.97 Å². The first kappa shape index (κ1) is 28.1. The van der Waals surface area contributed by atoms with E-state index in [1.807, 2.05) is 43.0 Å². The molecule has 3 aromatic rings. The van der Waals surface area contributed by atoms with Crippen molar-refractivity contribution in [2.24, 2.45) is 0 Å². The van der Waals surface area contributed by atoms with Crippen LogP contribution in [0.1, 0.15) is 25.2 Å². The van der Waals surface area contributed by atoms with Gasteiger partial charge in [0.1, 0.15) is 12.0 Å². The van der Waals surface area contributed by atoms with E-state index in [2.05, 4.69) is 39.1 Å². The fourth-order valence-electron chi connectivity index (χ4n) is 4.21. The van der Waals surface area contributed by atoms with E-state index in [0.717, 1.165) is 17.1 Å². The van der Waals surface area contributed by atoms with Crippen LogP contribution in [0.4, 0.5) is 47.9 Å². The number of aromatic nitrogens is 5. The number of hydrogen-bond donors (Lipinski definition) is 2. The van der Waals surface area contributed by atoms with Gasteiger partial charge in [-0.2, -0.15) is 23.1 Å². The minimum Gasteiger partial charge on any atom is -0.466 e. The second-order valence-corrected chi connectivity index (χ2v) is 10.4. The minimum absolute atomic E-state index is 0.0955. The molecule has 4 rings (SSSR count). The molecule has 0 radical (unpaired) electrons. The number of fused-ring (bicyclic) bond motifs is 1. The molecule has 3 N–H and O–H groups in total. The molecule has 11 nitrogen and oxygen atoms in total. The van der Waals surface area contributed by atoms with E-state index >= 15 is 0 Å². The molecule has 39 heavy (non-hydrogen) atoms. The first-order valence-electron chi connectivity index (χ1n) is 12.3.